The van der Waals surface area contributed by atoms with E-state index < -0.39 is 5.97 Å². The Morgan fingerprint density at radius 3 is 3.00 bits per heavy atom. The highest BCUT2D eigenvalue weighted by molar-refractivity contribution is 7.99. The van der Waals surface area contributed by atoms with Gasteiger partial charge in [0.05, 0.1) is 7.11 Å². The van der Waals surface area contributed by atoms with Gasteiger partial charge in [-0.1, -0.05) is 6.07 Å². The van der Waals surface area contributed by atoms with E-state index in [2.05, 4.69) is 25.2 Å². The Kier molecular flexibility index (Phi) is 3.88. The largest absolute Gasteiger partial charge is 0.468 e. The van der Waals surface area contributed by atoms with Gasteiger partial charge in [-0.15, -0.1) is 5.10 Å². The molecule has 0 unspecified atom stereocenters. The highest BCUT2D eigenvalue weighted by Gasteiger charge is 2.12. The van der Waals surface area contributed by atoms with Crippen LogP contribution >= 0.6 is 11.8 Å². The van der Waals surface area contributed by atoms with Crippen molar-refractivity contribution in [1.82, 2.24) is 25.2 Å². The molecule has 0 aromatic carbocycles. The van der Waals surface area contributed by atoms with Crippen LogP contribution in [0.4, 0.5) is 0 Å². The molecule has 0 aliphatic rings. The van der Waals surface area contributed by atoms with Crippen LogP contribution in [0.25, 0.3) is 0 Å². The molecular formula is C10H11N5O2S. The van der Waals surface area contributed by atoms with Crippen LogP contribution in [0.15, 0.2) is 28.5 Å². The highest BCUT2D eigenvalue weighted by Crippen LogP contribution is 2.22. The number of tetrazole rings is 1. The molecule has 0 aliphatic carbocycles. The molecule has 2 aromatic heterocycles. The van der Waals surface area contributed by atoms with E-state index in [1.165, 1.54) is 23.6 Å². The first kappa shape index (κ1) is 12.5. The molecule has 7 nitrogen and oxygen atoms in total. The summed E-state index contributed by atoms with van der Waals surface area (Å²) in [6, 6.07) is 3.82. The lowest BCUT2D eigenvalue weighted by Crippen LogP contribution is -2.13. The number of nitrogens with zero attached hydrogens (tertiary/aromatic N) is 5. The van der Waals surface area contributed by atoms with Crippen molar-refractivity contribution in [1.29, 1.82) is 0 Å². The van der Waals surface area contributed by atoms with Crippen LogP contribution in [0.2, 0.25) is 0 Å². The number of esters is 1. The molecule has 0 atom stereocenters. The van der Waals surface area contributed by atoms with Crippen LogP contribution in [-0.2, 0) is 16.1 Å². The zero-order valence-electron chi connectivity index (χ0n) is 9.90. The van der Waals surface area contributed by atoms with Gasteiger partial charge in [-0.05, 0) is 40.7 Å². The maximum atomic E-state index is 11.2. The van der Waals surface area contributed by atoms with Gasteiger partial charge < -0.3 is 4.74 Å². The number of pyridine rings is 1. The molecule has 0 saturated carbocycles. The van der Waals surface area contributed by atoms with Crippen molar-refractivity contribution < 1.29 is 9.53 Å². The van der Waals surface area contributed by atoms with Crippen LogP contribution in [-0.4, -0.2) is 38.3 Å². The Labute approximate surface area is 108 Å². The summed E-state index contributed by atoms with van der Waals surface area (Å²) in [4.78, 5) is 15.4. The molecule has 2 rings (SSSR count). The molecule has 0 saturated heterocycles. The zero-order valence-corrected chi connectivity index (χ0v) is 10.7. The summed E-state index contributed by atoms with van der Waals surface area (Å²) in [6.07, 6.45) is 1.76. The molecule has 2 heterocycles. The first-order valence-corrected chi connectivity index (χ1v) is 5.94. The van der Waals surface area contributed by atoms with Crippen molar-refractivity contribution >= 4 is 17.7 Å². The third-order valence-electron chi connectivity index (χ3n) is 2.09. The topological polar surface area (TPSA) is 82.8 Å². The van der Waals surface area contributed by atoms with Crippen LogP contribution in [0.1, 0.15) is 5.56 Å². The molecule has 94 valence electrons. The number of methoxy groups -OCH3 is 1. The lowest BCUT2D eigenvalue weighted by Gasteiger charge is -2.02. The SMILES string of the molecule is COC(=O)Cn1nnnc1Sc1ccc(C)cn1. The summed E-state index contributed by atoms with van der Waals surface area (Å²) in [7, 11) is 1.32. The van der Waals surface area contributed by atoms with E-state index in [0.29, 0.717) is 5.16 Å². The lowest BCUT2D eigenvalue weighted by molar-refractivity contribution is -0.141. The molecule has 0 amide bonds. The fraction of sp³-hybridized carbons (Fsp3) is 0.300. The number of hydrogen-bond acceptors (Lipinski definition) is 7. The lowest BCUT2D eigenvalue weighted by atomic mass is 10.3. The van der Waals surface area contributed by atoms with Crippen LogP contribution in [0.3, 0.4) is 0 Å². The van der Waals surface area contributed by atoms with Crippen molar-refractivity contribution in [3.63, 3.8) is 0 Å². The number of carbonyl (C=O) groups is 1. The van der Waals surface area contributed by atoms with E-state index in [9.17, 15) is 4.79 Å². The van der Waals surface area contributed by atoms with E-state index in [4.69, 9.17) is 0 Å². The zero-order chi connectivity index (χ0) is 13.0. The molecule has 0 N–H and O–H groups in total. The molecule has 0 radical (unpaired) electrons. The predicted octanol–water partition coefficient (Wildman–Crippen LogP) is 0.701. The number of aromatic nitrogens is 5. The third kappa shape index (κ3) is 3.04. The Bertz CT molecular complexity index is 539. The Morgan fingerprint density at radius 2 is 2.33 bits per heavy atom. The van der Waals surface area contributed by atoms with Gasteiger partial charge in [-0.2, -0.15) is 0 Å². The molecule has 0 bridgehead atoms. The minimum Gasteiger partial charge on any atom is -0.468 e. The van der Waals surface area contributed by atoms with Gasteiger partial charge in [0.15, 0.2) is 0 Å². The highest BCUT2D eigenvalue weighted by atomic mass is 32.2. The van der Waals surface area contributed by atoms with Gasteiger partial charge in [0.2, 0.25) is 5.16 Å². The van der Waals surface area contributed by atoms with Crippen LogP contribution < -0.4 is 0 Å². The standard InChI is InChI=1S/C10H11N5O2S/c1-7-3-4-8(11-5-7)18-10-12-13-14-15(10)6-9(16)17-2/h3-5H,6H2,1-2H3. The second-order valence-electron chi connectivity index (χ2n) is 3.47. The molecular weight excluding hydrogens is 254 g/mol. The second kappa shape index (κ2) is 5.58. The first-order valence-electron chi connectivity index (χ1n) is 5.12. The van der Waals surface area contributed by atoms with E-state index in [1.54, 1.807) is 6.20 Å². The maximum Gasteiger partial charge on any atom is 0.327 e. The summed E-state index contributed by atoms with van der Waals surface area (Å²) in [6.45, 7) is 1.94. The van der Waals surface area contributed by atoms with Gasteiger partial charge in [-0.3, -0.25) is 4.79 Å². The Hall–Kier alpha value is -1.96. The molecule has 2 aromatic rings. The van der Waals surface area contributed by atoms with Crippen molar-refractivity contribution in [2.75, 3.05) is 7.11 Å². The summed E-state index contributed by atoms with van der Waals surface area (Å²) in [5.41, 5.74) is 1.08. The van der Waals surface area contributed by atoms with Crippen molar-refractivity contribution in [3.8, 4) is 0 Å². The van der Waals surface area contributed by atoms with Crippen LogP contribution in [0.5, 0.6) is 0 Å². The normalized spacial score (nSPS) is 10.3. The molecule has 0 spiro atoms. The molecule has 0 aliphatic heterocycles. The quantitative estimate of drug-likeness (QED) is 0.752. The fourth-order valence-corrected chi connectivity index (χ4v) is 1.88. The number of hydrogen-bond donors (Lipinski definition) is 0. The summed E-state index contributed by atoms with van der Waals surface area (Å²) < 4.78 is 5.94. The van der Waals surface area contributed by atoms with Crippen molar-refractivity contribution in [2.24, 2.45) is 0 Å². The van der Waals surface area contributed by atoms with Gasteiger partial charge >= 0.3 is 5.97 Å². The summed E-state index contributed by atoms with van der Waals surface area (Å²) in [5, 5.41) is 12.4. The fourth-order valence-electron chi connectivity index (χ4n) is 1.16. The molecule has 0 fully saturated rings. The first-order chi connectivity index (χ1) is 8.69. The summed E-state index contributed by atoms with van der Waals surface area (Å²) >= 11 is 1.29. The van der Waals surface area contributed by atoms with Crippen LogP contribution in [0, 0.1) is 6.92 Å². The Morgan fingerprint density at radius 1 is 1.50 bits per heavy atom. The molecule has 8 heteroatoms. The average molecular weight is 265 g/mol. The van der Waals surface area contributed by atoms with E-state index in [1.807, 2.05) is 19.1 Å². The number of ether oxygens (including phenoxy) is 1. The van der Waals surface area contributed by atoms with E-state index in [-0.39, 0.29) is 6.54 Å². The van der Waals surface area contributed by atoms with Crippen molar-refractivity contribution in [2.45, 2.75) is 23.7 Å². The predicted molar refractivity (Wildman–Crippen MR) is 62.9 cm³/mol. The van der Waals surface area contributed by atoms with Crippen molar-refractivity contribution in [3.05, 3.63) is 23.9 Å². The smallest absolute Gasteiger partial charge is 0.327 e. The second-order valence-corrected chi connectivity index (χ2v) is 4.46. The maximum absolute atomic E-state index is 11.2. The van der Waals surface area contributed by atoms with E-state index >= 15 is 0 Å². The van der Waals surface area contributed by atoms with Gasteiger partial charge in [0.1, 0.15) is 11.6 Å². The van der Waals surface area contributed by atoms with Gasteiger partial charge in [0.25, 0.3) is 0 Å². The minimum absolute atomic E-state index is 0.0162. The number of aryl methyl sites for hydroxylation is 1. The van der Waals surface area contributed by atoms with E-state index in [0.717, 1.165) is 10.6 Å². The summed E-state index contributed by atoms with van der Waals surface area (Å²) in [5.74, 6) is -0.402. The van der Waals surface area contributed by atoms with Gasteiger partial charge in [-0.25, -0.2) is 9.67 Å². The minimum atomic E-state index is -0.402. The number of rotatable bonds is 4. The Balaban J connectivity index is 2.12. The molecule has 18 heavy (non-hydrogen) atoms. The van der Waals surface area contributed by atoms with Gasteiger partial charge in [0, 0.05) is 6.20 Å². The monoisotopic (exact) mass is 265 g/mol. The average Bonchev–Trinajstić information content (AvgIpc) is 2.79. The number of carbonyl (C=O) groups excluding carboxylic acids is 1. The third-order valence-corrected chi connectivity index (χ3v) is 3.01.